The molecule has 2 fully saturated rings. The van der Waals surface area contributed by atoms with E-state index in [1.807, 2.05) is 35.8 Å². The first-order chi connectivity index (χ1) is 21.2. The Morgan fingerprint density at radius 3 is 2.05 bits per heavy atom. The molecule has 2 aliphatic heterocycles. The summed E-state index contributed by atoms with van der Waals surface area (Å²) in [6.07, 6.45) is 2.90. The van der Waals surface area contributed by atoms with Crippen LogP contribution >= 0.6 is 12.2 Å². The van der Waals surface area contributed by atoms with E-state index in [0.717, 1.165) is 12.8 Å². The second-order valence-electron chi connectivity index (χ2n) is 10.6. The number of rotatable bonds is 8. The highest BCUT2D eigenvalue weighted by molar-refractivity contribution is 7.81. The van der Waals surface area contributed by atoms with E-state index in [4.69, 9.17) is 12.2 Å². The molecule has 2 saturated heterocycles. The fraction of sp³-hybridized carbons (Fsp3) is 0.273. The lowest BCUT2D eigenvalue weighted by Gasteiger charge is -2.37. The highest BCUT2D eigenvalue weighted by Gasteiger charge is 2.41. The molecule has 11 heteroatoms. The maximum absolute atomic E-state index is 14.0. The van der Waals surface area contributed by atoms with Gasteiger partial charge in [-0.1, -0.05) is 36.4 Å². The van der Waals surface area contributed by atoms with E-state index in [-0.39, 0.29) is 28.2 Å². The van der Waals surface area contributed by atoms with Crippen LogP contribution in [0.2, 0.25) is 0 Å². The molecule has 0 bridgehead atoms. The predicted molar refractivity (Wildman–Crippen MR) is 174 cm³/mol. The number of carbonyl (C=O) groups excluding carboxylic acids is 3. The smallest absolute Gasteiger partial charge is 0.270 e. The van der Waals surface area contributed by atoms with Crippen LogP contribution in [-0.2, 0) is 14.4 Å². The molecule has 10 nitrogen and oxygen atoms in total. The number of anilines is 3. The fourth-order valence-corrected chi connectivity index (χ4v) is 6.12. The molecular formula is C33H33N5O5S. The number of hydrogen-bond donors (Lipinski definition) is 0. The van der Waals surface area contributed by atoms with Crippen molar-refractivity contribution in [3.8, 4) is 0 Å². The van der Waals surface area contributed by atoms with Crippen molar-refractivity contribution in [3.63, 3.8) is 0 Å². The van der Waals surface area contributed by atoms with Gasteiger partial charge in [0, 0.05) is 49.6 Å². The van der Waals surface area contributed by atoms with Gasteiger partial charge in [-0.2, -0.15) is 0 Å². The number of benzene rings is 3. The molecule has 44 heavy (non-hydrogen) atoms. The lowest BCUT2D eigenvalue weighted by Crippen LogP contribution is -2.56. The first kappa shape index (κ1) is 30.6. The monoisotopic (exact) mass is 611 g/mol. The molecule has 3 aromatic rings. The van der Waals surface area contributed by atoms with E-state index in [1.54, 1.807) is 54.6 Å². The summed E-state index contributed by atoms with van der Waals surface area (Å²) in [6.45, 7) is 6.16. The minimum Gasteiger partial charge on any atom is -0.370 e. The quantitative estimate of drug-likeness (QED) is 0.110. The van der Waals surface area contributed by atoms with Crippen molar-refractivity contribution in [2.75, 3.05) is 40.9 Å². The molecule has 3 amide bonds. The average Bonchev–Trinajstić information content (AvgIpc) is 3.04. The van der Waals surface area contributed by atoms with Gasteiger partial charge < -0.3 is 9.80 Å². The second kappa shape index (κ2) is 13.2. The molecule has 2 heterocycles. The maximum atomic E-state index is 14.0. The Morgan fingerprint density at radius 1 is 0.955 bits per heavy atom. The molecule has 2 aliphatic rings. The van der Waals surface area contributed by atoms with Gasteiger partial charge in [0.1, 0.15) is 5.57 Å². The highest BCUT2D eigenvalue weighted by atomic mass is 32.1. The van der Waals surface area contributed by atoms with E-state index >= 15 is 0 Å². The lowest BCUT2D eigenvalue weighted by atomic mass is 9.94. The number of amides is 3. The highest BCUT2D eigenvalue weighted by Crippen LogP contribution is 2.34. The number of thiocarbonyl (C=S) groups is 1. The molecule has 226 valence electrons. The van der Waals surface area contributed by atoms with Crippen LogP contribution in [0.1, 0.15) is 32.3 Å². The third-order valence-corrected chi connectivity index (χ3v) is 8.35. The van der Waals surface area contributed by atoms with E-state index in [0.29, 0.717) is 48.8 Å². The van der Waals surface area contributed by atoms with E-state index in [2.05, 4.69) is 0 Å². The standard InChI is InChI=1S/C33H33N5O5S/c1-3-34(4-2)30(39)23-12-11-19-35(22-23)29-18-17-27(38(42)43)20-24(29)21-28-31(40)36(25-13-7-5-8-14-25)33(44)37(32(28)41)26-15-9-6-10-16-26/h5-10,13-18,20-21,23H,3-4,11-12,19,22H2,1-2H3/t23-/m1/s1. The molecule has 0 aromatic heterocycles. The van der Waals surface area contributed by atoms with Gasteiger partial charge in [0.25, 0.3) is 17.5 Å². The second-order valence-corrected chi connectivity index (χ2v) is 11.0. The summed E-state index contributed by atoms with van der Waals surface area (Å²) in [5.41, 5.74) is 1.53. The van der Waals surface area contributed by atoms with Crippen LogP contribution in [0.15, 0.2) is 84.4 Å². The van der Waals surface area contributed by atoms with E-state index in [1.165, 1.54) is 28.0 Å². The van der Waals surface area contributed by atoms with Gasteiger partial charge in [0.15, 0.2) is 5.11 Å². The Kier molecular flexibility index (Phi) is 9.15. The van der Waals surface area contributed by atoms with Crippen LogP contribution in [0.4, 0.5) is 22.7 Å². The summed E-state index contributed by atoms with van der Waals surface area (Å²) in [4.78, 5) is 59.0. The number of para-hydroxylation sites is 2. The van der Waals surface area contributed by atoms with Crippen molar-refractivity contribution in [3.05, 3.63) is 100 Å². The van der Waals surface area contributed by atoms with Crippen LogP contribution in [0.5, 0.6) is 0 Å². The van der Waals surface area contributed by atoms with Crippen LogP contribution in [0, 0.1) is 16.0 Å². The third-order valence-electron chi connectivity index (χ3n) is 7.99. The summed E-state index contributed by atoms with van der Waals surface area (Å²) < 4.78 is 0. The van der Waals surface area contributed by atoms with E-state index in [9.17, 15) is 24.5 Å². The van der Waals surface area contributed by atoms with Crippen LogP contribution in [-0.4, -0.2) is 58.8 Å². The number of non-ortho nitro benzene ring substituents is 1. The van der Waals surface area contributed by atoms with Crippen molar-refractivity contribution >= 4 is 63.9 Å². The first-order valence-electron chi connectivity index (χ1n) is 14.6. The van der Waals surface area contributed by atoms with Crippen molar-refractivity contribution in [1.29, 1.82) is 0 Å². The van der Waals surface area contributed by atoms with Gasteiger partial charge in [-0.25, -0.2) is 0 Å². The number of nitro benzene ring substituents is 1. The van der Waals surface area contributed by atoms with Gasteiger partial charge in [-0.3, -0.25) is 34.3 Å². The zero-order chi connectivity index (χ0) is 31.4. The topological polar surface area (TPSA) is 107 Å². The molecule has 0 saturated carbocycles. The molecule has 0 N–H and O–H groups in total. The zero-order valence-corrected chi connectivity index (χ0v) is 25.4. The van der Waals surface area contributed by atoms with Crippen molar-refractivity contribution in [2.24, 2.45) is 5.92 Å². The van der Waals surface area contributed by atoms with Gasteiger partial charge in [0.2, 0.25) is 5.91 Å². The normalized spacial score (nSPS) is 17.1. The fourth-order valence-electron chi connectivity index (χ4n) is 5.74. The van der Waals surface area contributed by atoms with Crippen molar-refractivity contribution in [2.45, 2.75) is 26.7 Å². The summed E-state index contributed by atoms with van der Waals surface area (Å²) in [7, 11) is 0. The summed E-state index contributed by atoms with van der Waals surface area (Å²) >= 11 is 5.70. The summed E-state index contributed by atoms with van der Waals surface area (Å²) in [5, 5.41) is 11.8. The molecular weight excluding hydrogens is 578 g/mol. The Hall–Kier alpha value is -4.90. The summed E-state index contributed by atoms with van der Waals surface area (Å²) in [5.74, 6) is -1.44. The number of nitro groups is 1. The van der Waals surface area contributed by atoms with Crippen molar-refractivity contribution in [1.82, 2.24) is 4.90 Å². The van der Waals surface area contributed by atoms with Gasteiger partial charge in [-0.15, -0.1) is 0 Å². The first-order valence-corrected chi connectivity index (χ1v) is 15.0. The zero-order valence-electron chi connectivity index (χ0n) is 24.6. The molecule has 0 aliphatic carbocycles. The number of carbonyl (C=O) groups is 3. The van der Waals surface area contributed by atoms with E-state index < -0.39 is 16.7 Å². The SMILES string of the molecule is CCN(CC)C(=O)[C@@H]1CCCN(c2ccc([N+](=O)[O-])cc2C=C2C(=O)N(c3ccccc3)C(=S)N(c3ccccc3)C2=O)C1. The minimum absolute atomic E-state index is 0.00241. The Bertz CT molecular complexity index is 1560. The Labute approximate surface area is 261 Å². The Morgan fingerprint density at radius 2 is 1.52 bits per heavy atom. The Balaban J connectivity index is 1.61. The largest absolute Gasteiger partial charge is 0.370 e. The average molecular weight is 612 g/mol. The third kappa shape index (κ3) is 5.96. The van der Waals surface area contributed by atoms with Gasteiger partial charge >= 0.3 is 0 Å². The molecule has 5 rings (SSSR count). The van der Waals surface area contributed by atoms with Crippen LogP contribution in [0.3, 0.4) is 0 Å². The molecule has 0 spiro atoms. The number of hydrogen-bond acceptors (Lipinski definition) is 7. The number of nitrogens with zero attached hydrogens (tertiary/aromatic N) is 5. The van der Waals surface area contributed by atoms with Crippen molar-refractivity contribution < 1.29 is 19.3 Å². The number of piperidine rings is 1. The molecule has 0 unspecified atom stereocenters. The summed E-state index contributed by atoms with van der Waals surface area (Å²) in [6, 6.07) is 22.0. The van der Waals surface area contributed by atoms with Gasteiger partial charge in [-0.05, 0) is 75.3 Å². The maximum Gasteiger partial charge on any atom is 0.270 e. The van der Waals surface area contributed by atoms with Crippen LogP contribution < -0.4 is 14.7 Å². The van der Waals surface area contributed by atoms with Gasteiger partial charge in [0.05, 0.1) is 22.2 Å². The lowest BCUT2D eigenvalue weighted by molar-refractivity contribution is -0.384. The molecule has 0 radical (unpaired) electrons. The minimum atomic E-state index is -0.635. The predicted octanol–water partition coefficient (Wildman–Crippen LogP) is 5.43. The molecule has 3 aromatic carbocycles. The van der Waals surface area contributed by atoms with Crippen LogP contribution in [0.25, 0.3) is 6.08 Å². The molecule has 1 atom stereocenters.